The number of morpholine rings is 1. The van der Waals surface area contributed by atoms with Crippen molar-refractivity contribution in [3.8, 4) is 0 Å². The van der Waals surface area contributed by atoms with E-state index in [1.807, 2.05) is 13.8 Å². The Bertz CT molecular complexity index is 439. The molecule has 3 atom stereocenters. The zero-order chi connectivity index (χ0) is 14.0. The van der Waals surface area contributed by atoms with E-state index >= 15 is 0 Å². The summed E-state index contributed by atoms with van der Waals surface area (Å²) in [5.74, 6) is -0.281. The van der Waals surface area contributed by atoms with Gasteiger partial charge in [0.2, 0.25) is 0 Å². The van der Waals surface area contributed by atoms with E-state index in [1.54, 1.807) is 6.07 Å². The lowest BCUT2D eigenvalue weighted by atomic mass is 10.0. The Kier molecular flexibility index (Phi) is 4.39. The highest BCUT2D eigenvalue weighted by atomic mass is 19.1. The number of hydrogen-bond acceptors (Lipinski definition) is 4. The normalized spacial score (nSPS) is 25.4. The molecule has 1 aromatic carbocycles. The van der Waals surface area contributed by atoms with Gasteiger partial charge in [-0.25, -0.2) is 4.39 Å². The molecule has 5 heteroatoms. The summed E-state index contributed by atoms with van der Waals surface area (Å²) in [5.41, 5.74) is 7.62. The van der Waals surface area contributed by atoms with Gasteiger partial charge in [0.1, 0.15) is 5.82 Å². The van der Waals surface area contributed by atoms with Crippen molar-refractivity contribution in [1.29, 1.82) is 0 Å². The molecule has 0 aliphatic carbocycles. The van der Waals surface area contributed by atoms with Gasteiger partial charge in [-0.05, 0) is 37.6 Å². The van der Waals surface area contributed by atoms with Crippen molar-refractivity contribution in [2.75, 3.05) is 24.6 Å². The van der Waals surface area contributed by atoms with Crippen LogP contribution in [0, 0.1) is 5.82 Å². The third-order valence-corrected chi connectivity index (χ3v) is 3.35. The highest BCUT2D eigenvalue weighted by Crippen LogP contribution is 2.28. The molecule has 1 saturated heterocycles. The molecule has 1 heterocycles. The first-order valence-electron chi connectivity index (χ1n) is 6.57. The molecule has 0 amide bonds. The van der Waals surface area contributed by atoms with Crippen molar-refractivity contribution in [3.63, 3.8) is 0 Å². The van der Waals surface area contributed by atoms with Crippen LogP contribution in [0.1, 0.15) is 25.5 Å². The maximum absolute atomic E-state index is 13.4. The molecule has 1 aromatic rings. The third-order valence-electron chi connectivity index (χ3n) is 3.35. The Morgan fingerprint density at radius 1 is 1.53 bits per heavy atom. The number of rotatable bonds is 3. The Hall–Kier alpha value is -1.17. The zero-order valence-corrected chi connectivity index (χ0v) is 11.3. The standard InChI is InChI=1S/C14H21FN2O2/c1-9-6-17(7-12(8-18)19-9)14-4-3-11(15)5-13(14)10(2)16/h3-5,9-10,12,18H,6-8,16H2,1-2H3/t9?,10-,12?/m1/s1. The van der Waals surface area contributed by atoms with Crippen molar-refractivity contribution in [2.45, 2.75) is 32.1 Å². The Labute approximate surface area is 113 Å². The summed E-state index contributed by atoms with van der Waals surface area (Å²) in [6, 6.07) is 4.43. The van der Waals surface area contributed by atoms with Crippen LogP contribution in [-0.2, 0) is 4.74 Å². The minimum Gasteiger partial charge on any atom is -0.394 e. The molecule has 2 unspecified atom stereocenters. The fourth-order valence-corrected chi connectivity index (χ4v) is 2.52. The summed E-state index contributed by atoms with van der Waals surface area (Å²) in [5, 5.41) is 9.26. The quantitative estimate of drug-likeness (QED) is 0.870. The number of aliphatic hydroxyl groups excluding tert-OH is 1. The van der Waals surface area contributed by atoms with Crippen LogP contribution in [0.25, 0.3) is 0 Å². The monoisotopic (exact) mass is 268 g/mol. The smallest absolute Gasteiger partial charge is 0.123 e. The predicted molar refractivity (Wildman–Crippen MR) is 72.6 cm³/mol. The van der Waals surface area contributed by atoms with Gasteiger partial charge in [-0.15, -0.1) is 0 Å². The molecule has 19 heavy (non-hydrogen) atoms. The summed E-state index contributed by atoms with van der Waals surface area (Å²) in [6.45, 7) is 5.08. The van der Waals surface area contributed by atoms with E-state index in [9.17, 15) is 9.50 Å². The Morgan fingerprint density at radius 2 is 2.26 bits per heavy atom. The van der Waals surface area contributed by atoms with E-state index in [1.165, 1.54) is 12.1 Å². The second kappa shape index (κ2) is 5.86. The molecule has 0 saturated carbocycles. The van der Waals surface area contributed by atoms with E-state index in [2.05, 4.69) is 4.90 Å². The molecule has 1 aliphatic rings. The number of hydrogen-bond donors (Lipinski definition) is 2. The number of ether oxygens (including phenoxy) is 1. The number of aliphatic hydroxyl groups is 1. The van der Waals surface area contributed by atoms with Crippen LogP contribution in [0.4, 0.5) is 10.1 Å². The first-order chi connectivity index (χ1) is 9.01. The molecular formula is C14H21FN2O2. The minimum absolute atomic E-state index is 0.0183. The first kappa shape index (κ1) is 14.2. The zero-order valence-electron chi connectivity index (χ0n) is 11.3. The Morgan fingerprint density at radius 3 is 2.89 bits per heavy atom. The van der Waals surface area contributed by atoms with Crippen molar-refractivity contribution in [1.82, 2.24) is 0 Å². The van der Waals surface area contributed by atoms with E-state index in [-0.39, 0.29) is 30.7 Å². The van der Waals surface area contributed by atoms with Gasteiger partial charge >= 0.3 is 0 Å². The highest BCUT2D eigenvalue weighted by molar-refractivity contribution is 5.55. The second-order valence-corrected chi connectivity index (χ2v) is 5.15. The third kappa shape index (κ3) is 3.23. The number of nitrogens with two attached hydrogens (primary N) is 1. The maximum atomic E-state index is 13.4. The second-order valence-electron chi connectivity index (χ2n) is 5.15. The largest absolute Gasteiger partial charge is 0.394 e. The summed E-state index contributed by atoms with van der Waals surface area (Å²) < 4.78 is 19.0. The molecule has 0 spiro atoms. The van der Waals surface area contributed by atoms with Gasteiger partial charge in [0, 0.05) is 24.8 Å². The molecule has 3 N–H and O–H groups in total. The van der Waals surface area contributed by atoms with E-state index < -0.39 is 0 Å². The average molecular weight is 268 g/mol. The van der Waals surface area contributed by atoms with E-state index in [0.717, 1.165) is 11.3 Å². The van der Waals surface area contributed by atoms with Gasteiger partial charge in [-0.1, -0.05) is 0 Å². The lowest BCUT2D eigenvalue weighted by Crippen LogP contribution is -2.48. The van der Waals surface area contributed by atoms with Crippen LogP contribution in [0.15, 0.2) is 18.2 Å². The van der Waals surface area contributed by atoms with Crippen LogP contribution >= 0.6 is 0 Å². The van der Waals surface area contributed by atoms with Crippen molar-refractivity contribution in [2.24, 2.45) is 5.73 Å². The predicted octanol–water partition coefficient (Wildman–Crippen LogP) is 1.43. The fourth-order valence-electron chi connectivity index (χ4n) is 2.52. The van der Waals surface area contributed by atoms with E-state index in [4.69, 9.17) is 10.5 Å². The van der Waals surface area contributed by atoms with Crippen LogP contribution in [-0.4, -0.2) is 37.0 Å². The lowest BCUT2D eigenvalue weighted by Gasteiger charge is -2.38. The van der Waals surface area contributed by atoms with Crippen LogP contribution < -0.4 is 10.6 Å². The summed E-state index contributed by atoms with van der Waals surface area (Å²) in [7, 11) is 0. The van der Waals surface area contributed by atoms with Crippen molar-refractivity contribution >= 4 is 5.69 Å². The minimum atomic E-state index is -0.281. The maximum Gasteiger partial charge on any atom is 0.123 e. The summed E-state index contributed by atoms with van der Waals surface area (Å²) in [4.78, 5) is 2.10. The molecule has 0 radical (unpaired) electrons. The number of halogens is 1. The highest BCUT2D eigenvalue weighted by Gasteiger charge is 2.26. The van der Waals surface area contributed by atoms with Gasteiger partial charge < -0.3 is 20.5 Å². The van der Waals surface area contributed by atoms with Gasteiger partial charge in [0.25, 0.3) is 0 Å². The molecule has 0 aromatic heterocycles. The lowest BCUT2D eigenvalue weighted by molar-refractivity contribution is -0.0421. The summed E-state index contributed by atoms with van der Waals surface area (Å²) in [6.07, 6.45) is -0.188. The first-order valence-corrected chi connectivity index (χ1v) is 6.57. The van der Waals surface area contributed by atoms with E-state index in [0.29, 0.717) is 13.1 Å². The molecular weight excluding hydrogens is 247 g/mol. The number of benzene rings is 1. The van der Waals surface area contributed by atoms with Gasteiger partial charge in [-0.3, -0.25) is 0 Å². The van der Waals surface area contributed by atoms with Crippen LogP contribution in [0.2, 0.25) is 0 Å². The van der Waals surface area contributed by atoms with Gasteiger partial charge in [0.05, 0.1) is 18.8 Å². The van der Waals surface area contributed by atoms with Crippen molar-refractivity contribution < 1.29 is 14.2 Å². The van der Waals surface area contributed by atoms with Gasteiger partial charge in [-0.2, -0.15) is 0 Å². The fraction of sp³-hybridized carbons (Fsp3) is 0.571. The molecule has 1 fully saturated rings. The summed E-state index contributed by atoms with van der Waals surface area (Å²) >= 11 is 0. The molecule has 4 nitrogen and oxygen atoms in total. The molecule has 106 valence electrons. The molecule has 2 rings (SSSR count). The molecule has 1 aliphatic heterocycles. The number of nitrogens with zero attached hydrogens (tertiary/aromatic N) is 1. The van der Waals surface area contributed by atoms with Crippen LogP contribution in [0.5, 0.6) is 0 Å². The van der Waals surface area contributed by atoms with Crippen molar-refractivity contribution in [3.05, 3.63) is 29.6 Å². The SMILES string of the molecule is CC1CN(c2ccc(F)cc2[C@@H](C)N)CC(CO)O1. The topological polar surface area (TPSA) is 58.7 Å². The number of anilines is 1. The average Bonchev–Trinajstić information content (AvgIpc) is 2.37. The van der Waals surface area contributed by atoms with Gasteiger partial charge in [0.15, 0.2) is 0 Å². The molecule has 0 bridgehead atoms. The Balaban J connectivity index is 2.30. The van der Waals surface area contributed by atoms with Crippen LogP contribution in [0.3, 0.4) is 0 Å².